The van der Waals surface area contributed by atoms with Crippen LogP contribution in [0.3, 0.4) is 0 Å². The fraction of sp³-hybridized carbons (Fsp3) is 0.429. The van der Waals surface area contributed by atoms with E-state index in [2.05, 4.69) is 5.32 Å². The van der Waals surface area contributed by atoms with Gasteiger partial charge in [-0.1, -0.05) is 36.5 Å². The van der Waals surface area contributed by atoms with E-state index in [1.54, 1.807) is 25.2 Å². The number of anilines is 1. The van der Waals surface area contributed by atoms with Gasteiger partial charge in [-0.05, 0) is 24.6 Å². The molecule has 0 spiro atoms. The summed E-state index contributed by atoms with van der Waals surface area (Å²) in [6.45, 7) is 1.88. The van der Waals surface area contributed by atoms with E-state index >= 15 is 0 Å². The molecule has 0 saturated heterocycles. The van der Waals surface area contributed by atoms with Gasteiger partial charge >= 0.3 is 0 Å². The lowest BCUT2D eigenvalue weighted by atomic mass is 10.1. The van der Waals surface area contributed by atoms with Gasteiger partial charge in [0.15, 0.2) is 0 Å². The molecule has 0 radical (unpaired) electrons. The number of hydrogen-bond acceptors (Lipinski definition) is 3. The van der Waals surface area contributed by atoms with E-state index < -0.39 is 6.04 Å². The fourth-order valence-electron chi connectivity index (χ4n) is 1.79. The average Bonchev–Trinajstić information content (AvgIpc) is 2.42. The smallest absolute Gasteiger partial charge is 0.243 e. The first-order valence-electron chi connectivity index (χ1n) is 6.60. The number of nitrogens with one attached hydrogen (secondary N) is 1. The second-order valence-electron chi connectivity index (χ2n) is 4.77. The second-order valence-corrected chi connectivity index (χ2v) is 5.58. The Morgan fingerprint density at radius 1 is 1.32 bits per heavy atom. The van der Waals surface area contributed by atoms with Crippen LogP contribution in [0.2, 0.25) is 10.0 Å². The lowest BCUT2D eigenvalue weighted by Gasteiger charge is -2.20. The van der Waals surface area contributed by atoms with Crippen molar-refractivity contribution in [3.63, 3.8) is 0 Å². The Morgan fingerprint density at radius 3 is 2.50 bits per heavy atom. The Kier molecular flexibility index (Phi) is 9.44. The number of halogens is 3. The molecular weight excluding hydrogens is 349 g/mol. The Balaban J connectivity index is 0.00000441. The van der Waals surface area contributed by atoms with Crippen molar-refractivity contribution in [3.05, 3.63) is 28.2 Å². The number of rotatable bonds is 6. The summed E-state index contributed by atoms with van der Waals surface area (Å²) in [5, 5.41) is 3.41. The Hall–Kier alpha value is -1.01. The summed E-state index contributed by atoms with van der Waals surface area (Å²) in [6, 6.07) is 4.20. The molecule has 5 nitrogen and oxygen atoms in total. The topological polar surface area (TPSA) is 75.4 Å². The second kappa shape index (κ2) is 9.90. The molecule has 0 aliphatic carbocycles. The minimum absolute atomic E-state index is 0. The largest absolute Gasteiger partial charge is 0.335 e. The van der Waals surface area contributed by atoms with E-state index in [9.17, 15) is 9.59 Å². The molecule has 1 aromatic rings. The molecule has 22 heavy (non-hydrogen) atoms. The van der Waals surface area contributed by atoms with Crippen LogP contribution in [-0.2, 0) is 9.59 Å². The van der Waals surface area contributed by atoms with E-state index in [0.29, 0.717) is 22.2 Å². The van der Waals surface area contributed by atoms with Gasteiger partial charge in [0, 0.05) is 12.7 Å². The van der Waals surface area contributed by atoms with Crippen LogP contribution in [0, 0.1) is 0 Å². The number of carbonyl (C=O) groups excluding carboxylic acids is 2. The zero-order chi connectivity index (χ0) is 16.0. The third kappa shape index (κ3) is 6.40. The van der Waals surface area contributed by atoms with Gasteiger partial charge in [-0.25, -0.2) is 0 Å². The van der Waals surface area contributed by atoms with E-state index in [1.807, 2.05) is 6.92 Å². The molecule has 1 atom stereocenters. The maximum absolute atomic E-state index is 11.9. The van der Waals surface area contributed by atoms with Crippen molar-refractivity contribution < 1.29 is 9.59 Å². The molecule has 1 rings (SSSR count). The van der Waals surface area contributed by atoms with Gasteiger partial charge < -0.3 is 16.0 Å². The molecule has 0 heterocycles. The van der Waals surface area contributed by atoms with Gasteiger partial charge in [0.1, 0.15) is 0 Å². The molecule has 1 unspecified atom stereocenters. The summed E-state index contributed by atoms with van der Waals surface area (Å²) in [7, 11) is 1.55. The van der Waals surface area contributed by atoms with Crippen molar-refractivity contribution in [2.45, 2.75) is 25.8 Å². The summed E-state index contributed by atoms with van der Waals surface area (Å²) < 4.78 is 0. The summed E-state index contributed by atoms with van der Waals surface area (Å²) in [5.74, 6) is -0.575. The van der Waals surface area contributed by atoms with Gasteiger partial charge in [0.25, 0.3) is 0 Å². The predicted octanol–water partition coefficient (Wildman–Crippen LogP) is 2.94. The van der Waals surface area contributed by atoms with Gasteiger partial charge in [-0.15, -0.1) is 12.4 Å². The highest BCUT2D eigenvalue weighted by atomic mass is 35.5. The lowest BCUT2D eigenvalue weighted by molar-refractivity contribution is -0.134. The molecule has 1 aromatic carbocycles. The molecule has 0 aliphatic rings. The zero-order valence-corrected chi connectivity index (χ0v) is 14.8. The predicted molar refractivity (Wildman–Crippen MR) is 92.9 cm³/mol. The first-order valence-corrected chi connectivity index (χ1v) is 7.36. The monoisotopic (exact) mass is 367 g/mol. The van der Waals surface area contributed by atoms with E-state index in [1.165, 1.54) is 4.90 Å². The van der Waals surface area contributed by atoms with Crippen molar-refractivity contribution in [2.75, 3.05) is 18.9 Å². The van der Waals surface area contributed by atoms with Gasteiger partial charge in [0.05, 0.1) is 22.6 Å². The van der Waals surface area contributed by atoms with Crippen LogP contribution in [0.15, 0.2) is 18.2 Å². The van der Waals surface area contributed by atoms with E-state index in [-0.39, 0.29) is 30.8 Å². The van der Waals surface area contributed by atoms with Crippen LogP contribution < -0.4 is 11.1 Å². The molecule has 0 aliphatic heterocycles. The first-order chi connectivity index (χ1) is 9.85. The molecule has 0 saturated carbocycles. The van der Waals surface area contributed by atoms with Crippen molar-refractivity contribution in [1.29, 1.82) is 0 Å². The van der Waals surface area contributed by atoms with Crippen LogP contribution in [0.25, 0.3) is 0 Å². The zero-order valence-electron chi connectivity index (χ0n) is 12.4. The molecule has 0 aromatic heterocycles. The molecule has 0 fully saturated rings. The number of benzene rings is 1. The third-order valence-electron chi connectivity index (χ3n) is 2.88. The number of likely N-dealkylation sites (N-methyl/N-ethyl adjacent to an activating group) is 1. The first kappa shape index (κ1) is 21.0. The molecule has 124 valence electrons. The molecule has 3 N–H and O–H groups in total. The SMILES string of the molecule is CCCC(N)C(=O)N(C)CC(=O)Nc1ccc(Cl)c(Cl)c1.Cl. The fourth-order valence-corrected chi connectivity index (χ4v) is 2.08. The molecule has 0 bridgehead atoms. The normalized spacial score (nSPS) is 11.3. The van der Waals surface area contributed by atoms with Crippen LogP contribution in [0.1, 0.15) is 19.8 Å². The van der Waals surface area contributed by atoms with Crippen molar-refractivity contribution in [1.82, 2.24) is 4.90 Å². The van der Waals surface area contributed by atoms with Crippen LogP contribution >= 0.6 is 35.6 Å². The maximum Gasteiger partial charge on any atom is 0.243 e. The highest BCUT2D eigenvalue weighted by Crippen LogP contribution is 2.24. The number of carbonyl (C=O) groups is 2. The number of amides is 2. The summed E-state index contributed by atoms with van der Waals surface area (Å²) in [6.07, 6.45) is 1.41. The van der Waals surface area contributed by atoms with E-state index in [4.69, 9.17) is 28.9 Å². The highest BCUT2D eigenvalue weighted by molar-refractivity contribution is 6.42. The maximum atomic E-state index is 11.9. The van der Waals surface area contributed by atoms with Gasteiger partial charge in [-0.2, -0.15) is 0 Å². The summed E-state index contributed by atoms with van der Waals surface area (Å²) in [4.78, 5) is 25.1. The number of nitrogens with two attached hydrogens (primary N) is 1. The Morgan fingerprint density at radius 2 is 1.95 bits per heavy atom. The average molecular weight is 369 g/mol. The summed E-state index contributed by atoms with van der Waals surface area (Å²) >= 11 is 11.7. The minimum atomic E-state index is -0.572. The van der Waals surface area contributed by atoms with Gasteiger partial charge in [0.2, 0.25) is 11.8 Å². The van der Waals surface area contributed by atoms with E-state index in [0.717, 1.165) is 6.42 Å². The Labute approximate surface area is 146 Å². The number of nitrogens with zero attached hydrogens (tertiary/aromatic N) is 1. The molecule has 8 heteroatoms. The van der Waals surface area contributed by atoms with Crippen molar-refractivity contribution >= 4 is 53.1 Å². The minimum Gasteiger partial charge on any atom is -0.335 e. The van der Waals surface area contributed by atoms with Crippen LogP contribution in [0.5, 0.6) is 0 Å². The number of hydrogen-bond donors (Lipinski definition) is 2. The highest BCUT2D eigenvalue weighted by Gasteiger charge is 2.19. The van der Waals surface area contributed by atoms with Crippen LogP contribution in [-0.4, -0.2) is 36.3 Å². The standard InChI is InChI=1S/C14H19Cl2N3O2.ClH/c1-3-4-12(17)14(21)19(2)8-13(20)18-9-5-6-10(15)11(16)7-9;/h5-7,12H,3-4,8,17H2,1-2H3,(H,18,20);1H. The van der Waals surface area contributed by atoms with Crippen LogP contribution in [0.4, 0.5) is 5.69 Å². The molecular formula is C14H20Cl3N3O2. The third-order valence-corrected chi connectivity index (χ3v) is 3.62. The molecule has 2 amide bonds. The van der Waals surface area contributed by atoms with Crippen molar-refractivity contribution in [3.8, 4) is 0 Å². The lowest BCUT2D eigenvalue weighted by Crippen LogP contribution is -2.44. The quantitative estimate of drug-likeness (QED) is 0.810. The van der Waals surface area contributed by atoms with Crippen molar-refractivity contribution in [2.24, 2.45) is 5.73 Å². The summed E-state index contributed by atoms with van der Waals surface area (Å²) in [5.41, 5.74) is 6.26. The van der Waals surface area contributed by atoms with Gasteiger partial charge in [-0.3, -0.25) is 9.59 Å². The Bertz CT molecular complexity index is 526.